The normalized spacial score (nSPS) is 18.3. The highest BCUT2D eigenvalue weighted by Crippen LogP contribution is 2.50. The molecule has 6 rings (SSSR count). The number of carbonyl (C=O) groups excluding carboxylic acids is 1. The van der Waals surface area contributed by atoms with Gasteiger partial charge >= 0.3 is 0 Å². The lowest BCUT2D eigenvalue weighted by Gasteiger charge is -2.17. The van der Waals surface area contributed by atoms with Crippen molar-refractivity contribution < 1.29 is 14.3 Å². The Morgan fingerprint density at radius 3 is 2.85 bits per heavy atom. The van der Waals surface area contributed by atoms with Crippen LogP contribution in [0.1, 0.15) is 28.4 Å². The van der Waals surface area contributed by atoms with Crippen molar-refractivity contribution in [3.05, 3.63) is 58.9 Å². The molecule has 166 valence electrons. The van der Waals surface area contributed by atoms with E-state index >= 15 is 0 Å². The number of aromatic nitrogens is 3. The number of pyridine rings is 2. The molecule has 8 nitrogen and oxygen atoms in total. The van der Waals surface area contributed by atoms with Crippen molar-refractivity contribution in [3.8, 4) is 22.9 Å². The molecule has 33 heavy (non-hydrogen) atoms. The van der Waals surface area contributed by atoms with Crippen LogP contribution in [0.2, 0.25) is 5.02 Å². The van der Waals surface area contributed by atoms with Gasteiger partial charge in [-0.3, -0.25) is 9.78 Å². The first-order valence-corrected chi connectivity index (χ1v) is 10.9. The third-order valence-electron chi connectivity index (χ3n) is 6.20. The summed E-state index contributed by atoms with van der Waals surface area (Å²) in [4.78, 5) is 25.7. The van der Waals surface area contributed by atoms with Crippen LogP contribution in [0.5, 0.6) is 11.6 Å². The van der Waals surface area contributed by atoms with Crippen molar-refractivity contribution in [2.45, 2.75) is 18.4 Å². The summed E-state index contributed by atoms with van der Waals surface area (Å²) < 4.78 is 10.9. The Bertz CT molecular complexity index is 1430. The van der Waals surface area contributed by atoms with Gasteiger partial charge < -0.3 is 25.1 Å². The lowest BCUT2D eigenvalue weighted by molar-refractivity contribution is 0.0944. The van der Waals surface area contributed by atoms with Crippen molar-refractivity contribution in [2.75, 3.05) is 19.5 Å². The topological polar surface area (TPSA) is 101 Å². The first-order chi connectivity index (χ1) is 16.1. The predicted molar refractivity (Wildman–Crippen MR) is 126 cm³/mol. The van der Waals surface area contributed by atoms with E-state index in [1.807, 2.05) is 24.3 Å². The van der Waals surface area contributed by atoms with Crippen LogP contribution in [0.25, 0.3) is 22.3 Å². The minimum atomic E-state index is -0.112. The Morgan fingerprint density at radius 2 is 2.03 bits per heavy atom. The average molecular weight is 462 g/mol. The fourth-order valence-corrected chi connectivity index (χ4v) is 4.80. The van der Waals surface area contributed by atoms with Crippen molar-refractivity contribution >= 4 is 39.9 Å². The molecule has 0 saturated heterocycles. The fraction of sp³-hybridized carbons (Fsp3) is 0.208. The monoisotopic (exact) mass is 461 g/mol. The number of rotatable bonds is 5. The minimum absolute atomic E-state index is 0.112. The van der Waals surface area contributed by atoms with Gasteiger partial charge in [0.1, 0.15) is 5.52 Å². The number of halogens is 1. The SMILES string of the molecule is COc1ccc2nccc(-c3[nH]c4c(c3Nc3cccc(Cl)c3OC)C(=O)N[C@@H]3C[C@H]43)c2n1. The molecular formula is C24H20ClN5O3. The van der Waals surface area contributed by atoms with Crippen LogP contribution in [-0.4, -0.2) is 41.1 Å². The zero-order valence-corrected chi connectivity index (χ0v) is 18.7. The van der Waals surface area contributed by atoms with E-state index in [0.717, 1.165) is 28.9 Å². The average Bonchev–Trinajstić information content (AvgIpc) is 3.50. The van der Waals surface area contributed by atoms with Crippen molar-refractivity contribution in [2.24, 2.45) is 0 Å². The van der Waals surface area contributed by atoms with Gasteiger partial charge in [0.05, 0.1) is 47.4 Å². The van der Waals surface area contributed by atoms with E-state index in [2.05, 4.69) is 25.6 Å². The fourth-order valence-electron chi connectivity index (χ4n) is 4.55. The van der Waals surface area contributed by atoms with E-state index in [9.17, 15) is 4.79 Å². The van der Waals surface area contributed by atoms with Gasteiger partial charge in [-0.25, -0.2) is 4.98 Å². The van der Waals surface area contributed by atoms with Crippen LogP contribution in [0.3, 0.4) is 0 Å². The molecular weight excluding hydrogens is 442 g/mol. The predicted octanol–water partition coefficient (Wildman–Crippen LogP) is 4.64. The van der Waals surface area contributed by atoms with Gasteiger partial charge in [-0.15, -0.1) is 0 Å². The molecule has 0 bridgehead atoms. The Morgan fingerprint density at radius 1 is 1.15 bits per heavy atom. The largest absolute Gasteiger partial charge is 0.493 e. The number of nitrogens with one attached hydrogen (secondary N) is 3. The summed E-state index contributed by atoms with van der Waals surface area (Å²) in [6.45, 7) is 0. The first-order valence-electron chi connectivity index (χ1n) is 10.6. The lowest BCUT2D eigenvalue weighted by Crippen LogP contribution is -2.31. The van der Waals surface area contributed by atoms with E-state index in [-0.39, 0.29) is 17.9 Å². The van der Waals surface area contributed by atoms with Gasteiger partial charge in [0, 0.05) is 35.5 Å². The van der Waals surface area contributed by atoms with Gasteiger partial charge in [0.25, 0.3) is 5.91 Å². The summed E-state index contributed by atoms with van der Waals surface area (Å²) in [6.07, 6.45) is 2.65. The van der Waals surface area contributed by atoms with Crippen LogP contribution in [0, 0.1) is 0 Å². The number of benzene rings is 1. The molecule has 3 N–H and O–H groups in total. The maximum absolute atomic E-state index is 13.1. The van der Waals surface area contributed by atoms with Crippen LogP contribution in [-0.2, 0) is 0 Å². The first kappa shape index (κ1) is 19.9. The second-order valence-corrected chi connectivity index (χ2v) is 8.52. The summed E-state index contributed by atoms with van der Waals surface area (Å²) in [7, 11) is 3.14. The van der Waals surface area contributed by atoms with Gasteiger partial charge in [-0.1, -0.05) is 17.7 Å². The number of fused-ring (bicyclic) bond motifs is 4. The molecule has 1 aliphatic carbocycles. The molecule has 1 aliphatic heterocycles. The highest BCUT2D eigenvalue weighted by atomic mass is 35.5. The molecule has 0 spiro atoms. The number of nitrogens with zero attached hydrogens (tertiary/aromatic N) is 2. The number of hydrogen-bond acceptors (Lipinski definition) is 6. The van der Waals surface area contributed by atoms with Gasteiger partial charge in [0.15, 0.2) is 5.75 Å². The van der Waals surface area contributed by atoms with Gasteiger partial charge in [-0.2, -0.15) is 0 Å². The summed E-state index contributed by atoms with van der Waals surface area (Å²) in [5.74, 6) is 1.14. The molecule has 1 saturated carbocycles. The van der Waals surface area contributed by atoms with Crippen molar-refractivity contribution in [1.29, 1.82) is 0 Å². The lowest BCUT2D eigenvalue weighted by atomic mass is 10.0. The number of amides is 1. The summed E-state index contributed by atoms with van der Waals surface area (Å²) in [5, 5.41) is 6.99. The van der Waals surface area contributed by atoms with Gasteiger partial charge in [-0.05, 0) is 30.7 Å². The van der Waals surface area contributed by atoms with E-state index in [1.165, 1.54) is 0 Å². The molecule has 1 aromatic carbocycles. The summed E-state index contributed by atoms with van der Waals surface area (Å²) >= 11 is 6.36. The number of H-pyrrole nitrogens is 1. The number of methoxy groups -OCH3 is 2. The molecule has 2 atom stereocenters. The molecule has 4 heterocycles. The number of anilines is 2. The van der Waals surface area contributed by atoms with E-state index < -0.39 is 0 Å². The third kappa shape index (κ3) is 3.09. The quantitative estimate of drug-likeness (QED) is 0.400. The smallest absolute Gasteiger partial charge is 0.255 e. The Balaban J connectivity index is 1.60. The number of hydrogen-bond donors (Lipinski definition) is 3. The molecule has 3 aromatic heterocycles. The standard InChI is InChI=1S/C24H20ClN5O3/c1-32-17-7-6-14-19(29-17)11(8-9-26-14)21-22(27-15-5-3-4-13(25)23(15)33-2)18-20(30-21)12-10-16(12)28-24(18)31/h3-9,12,16,27,30H,10H2,1-2H3,(H,28,31)/t12-,16+/m0/s1. The van der Waals surface area contributed by atoms with Crippen molar-refractivity contribution in [3.63, 3.8) is 0 Å². The molecule has 0 radical (unpaired) electrons. The Kier molecular flexibility index (Phi) is 4.45. The van der Waals surface area contributed by atoms with E-state index in [0.29, 0.717) is 39.1 Å². The third-order valence-corrected chi connectivity index (χ3v) is 6.50. The molecule has 0 unspecified atom stereocenters. The number of para-hydroxylation sites is 1. The molecule has 4 aromatic rings. The minimum Gasteiger partial charge on any atom is -0.493 e. The Labute approximate surface area is 194 Å². The number of carbonyl (C=O) groups is 1. The molecule has 9 heteroatoms. The van der Waals surface area contributed by atoms with Crippen molar-refractivity contribution in [1.82, 2.24) is 20.3 Å². The van der Waals surface area contributed by atoms with Gasteiger partial charge in [0.2, 0.25) is 5.88 Å². The van der Waals surface area contributed by atoms with Crippen LogP contribution in [0.15, 0.2) is 42.6 Å². The molecule has 1 amide bonds. The molecule has 1 fully saturated rings. The zero-order valence-electron chi connectivity index (χ0n) is 17.9. The summed E-state index contributed by atoms with van der Waals surface area (Å²) in [5.41, 5.74) is 5.77. The second kappa shape index (κ2) is 7.38. The number of aromatic amines is 1. The highest BCUT2D eigenvalue weighted by Gasteiger charge is 2.48. The maximum atomic E-state index is 13.1. The van der Waals surface area contributed by atoms with Crippen LogP contribution >= 0.6 is 11.6 Å². The van der Waals surface area contributed by atoms with E-state index in [1.54, 1.807) is 32.5 Å². The highest BCUT2D eigenvalue weighted by molar-refractivity contribution is 6.32. The van der Waals surface area contributed by atoms with Crippen LogP contribution < -0.4 is 20.1 Å². The number of ether oxygens (including phenoxy) is 2. The zero-order chi connectivity index (χ0) is 22.7. The Hall–Kier alpha value is -3.78. The van der Waals surface area contributed by atoms with E-state index in [4.69, 9.17) is 21.1 Å². The second-order valence-electron chi connectivity index (χ2n) is 8.11. The molecule has 2 aliphatic rings. The summed E-state index contributed by atoms with van der Waals surface area (Å²) in [6, 6.07) is 11.2. The maximum Gasteiger partial charge on any atom is 0.255 e. The van der Waals surface area contributed by atoms with Crippen LogP contribution in [0.4, 0.5) is 11.4 Å².